The summed E-state index contributed by atoms with van der Waals surface area (Å²) >= 11 is 13.6. The molecular formula is C35H41Cl2FN6O2S. The minimum absolute atomic E-state index is 0.0371. The van der Waals surface area contributed by atoms with Crippen LogP contribution in [0.15, 0.2) is 52.1 Å². The Bertz CT molecular complexity index is 1700. The van der Waals surface area contributed by atoms with Gasteiger partial charge in [0.1, 0.15) is 27.5 Å². The van der Waals surface area contributed by atoms with Gasteiger partial charge in [-0.2, -0.15) is 0 Å². The average Bonchev–Trinajstić information content (AvgIpc) is 3.42. The summed E-state index contributed by atoms with van der Waals surface area (Å²) in [5.74, 6) is -0.679. The van der Waals surface area contributed by atoms with Gasteiger partial charge in [-0.05, 0) is 94.9 Å². The molecule has 250 valence electrons. The van der Waals surface area contributed by atoms with Crippen LogP contribution < -0.4 is 0 Å². The van der Waals surface area contributed by atoms with E-state index in [1.807, 2.05) is 35.8 Å². The number of aromatic nitrogens is 1. The number of halogens is 3. The molecule has 1 aromatic carbocycles. The minimum Gasteiger partial charge on any atom is -0.335 e. The third-order valence-electron chi connectivity index (χ3n) is 11.0. The van der Waals surface area contributed by atoms with Crippen LogP contribution in [0.5, 0.6) is 0 Å². The second-order valence-corrected chi connectivity index (χ2v) is 16.2. The molecule has 12 heteroatoms. The summed E-state index contributed by atoms with van der Waals surface area (Å²) in [4.78, 5) is 47.6. The van der Waals surface area contributed by atoms with E-state index in [9.17, 15) is 9.59 Å². The number of likely N-dealkylation sites (N-methyl/N-ethyl adjacent to an activating group) is 1. The van der Waals surface area contributed by atoms with E-state index in [2.05, 4.69) is 42.6 Å². The Morgan fingerprint density at radius 2 is 1.83 bits per heavy atom. The summed E-state index contributed by atoms with van der Waals surface area (Å²) in [7, 11) is 2.16. The van der Waals surface area contributed by atoms with Crippen LogP contribution in [0.1, 0.15) is 77.5 Å². The average molecular weight is 700 g/mol. The van der Waals surface area contributed by atoms with Crippen molar-refractivity contribution in [2.45, 2.75) is 95.5 Å². The Labute approximate surface area is 290 Å². The summed E-state index contributed by atoms with van der Waals surface area (Å²) in [5.41, 5.74) is 1.52. The van der Waals surface area contributed by atoms with Crippen molar-refractivity contribution >= 4 is 51.9 Å². The Morgan fingerprint density at radius 1 is 1.09 bits per heavy atom. The highest BCUT2D eigenvalue weighted by Crippen LogP contribution is 2.56. The quantitative estimate of drug-likeness (QED) is 0.319. The predicted octanol–water partition coefficient (Wildman–Crippen LogP) is 6.84. The molecule has 0 unspecified atom stereocenters. The van der Waals surface area contributed by atoms with Gasteiger partial charge < -0.3 is 14.7 Å². The number of allylic oxidation sites excluding steroid dienone is 1. The smallest absolute Gasteiger partial charge is 0.263 e. The van der Waals surface area contributed by atoms with Gasteiger partial charge in [0.15, 0.2) is 5.17 Å². The molecule has 7 rings (SSSR count). The molecule has 8 nitrogen and oxygen atoms in total. The van der Waals surface area contributed by atoms with Gasteiger partial charge in [0.05, 0.1) is 11.1 Å². The monoisotopic (exact) mass is 698 g/mol. The van der Waals surface area contributed by atoms with Crippen LogP contribution in [0.3, 0.4) is 0 Å². The van der Waals surface area contributed by atoms with Gasteiger partial charge in [-0.25, -0.2) is 14.4 Å². The second-order valence-electron chi connectivity index (χ2n) is 14.4. The molecule has 2 amide bonds. The zero-order valence-electron chi connectivity index (χ0n) is 27.6. The molecule has 2 saturated heterocycles. The van der Waals surface area contributed by atoms with E-state index in [0.29, 0.717) is 33.8 Å². The van der Waals surface area contributed by atoms with Crippen molar-refractivity contribution in [3.05, 3.63) is 74.3 Å². The number of nitrogens with zero attached hydrogens (tertiary/aromatic N) is 6. The first-order valence-corrected chi connectivity index (χ1v) is 18.1. The lowest BCUT2D eigenvalue weighted by Gasteiger charge is -2.46. The molecule has 0 radical (unpaired) electrons. The van der Waals surface area contributed by atoms with Crippen molar-refractivity contribution in [1.82, 2.24) is 24.6 Å². The van der Waals surface area contributed by atoms with E-state index in [1.54, 1.807) is 18.3 Å². The normalized spacial score (nSPS) is 30.1. The molecule has 1 saturated carbocycles. The highest BCUT2D eigenvalue weighted by atomic mass is 35.5. The van der Waals surface area contributed by atoms with E-state index in [1.165, 1.54) is 17.8 Å². The van der Waals surface area contributed by atoms with Crippen molar-refractivity contribution in [3.8, 4) is 0 Å². The Kier molecular flexibility index (Phi) is 8.21. The molecule has 3 fully saturated rings. The fraction of sp³-hybridized carbons (Fsp3) is 0.543. The van der Waals surface area contributed by atoms with Crippen molar-refractivity contribution in [3.63, 3.8) is 0 Å². The standard InChI is InChI=1S/C35H41Cl2FN6O2S/c1-19(2)28-29(32(46)43-20(3)7-11-26(43)31(45)42-18-35(13-14-35)41(6)17-21(42)4)47-33-40-34(5,23-9-12-27(37)39-16-23)30(44(28)33)22-8-10-24(36)25(38)15-22/h8-10,12,15-16,19-21,26,30H,7,11,13-14,17-18H2,1-6H3/t20-,21+,26-,30-,34+/m1/s1. The van der Waals surface area contributed by atoms with Gasteiger partial charge in [0.2, 0.25) is 5.91 Å². The number of hydrogen-bond acceptors (Lipinski definition) is 7. The highest BCUT2D eigenvalue weighted by molar-refractivity contribution is 8.18. The van der Waals surface area contributed by atoms with Gasteiger partial charge in [-0.3, -0.25) is 14.5 Å². The van der Waals surface area contributed by atoms with Crippen LogP contribution in [-0.4, -0.2) is 85.4 Å². The maximum Gasteiger partial charge on any atom is 0.263 e. The predicted molar refractivity (Wildman–Crippen MR) is 185 cm³/mol. The van der Waals surface area contributed by atoms with E-state index in [4.69, 9.17) is 28.2 Å². The molecule has 5 atom stereocenters. The number of aliphatic imine (C=N–C) groups is 1. The SMILES string of the molecule is CC(C)C1=C(C(=O)N2[C@H](C)CC[C@@H]2C(=O)N2CC3(CC3)N(C)C[C@@H]2C)SC2=N[C@@](C)(c3ccc(Cl)nc3)[C@@H](c3ccc(Cl)c(F)c3)N21. The van der Waals surface area contributed by atoms with Gasteiger partial charge in [0.25, 0.3) is 5.91 Å². The number of thioether (sulfide) groups is 1. The van der Waals surface area contributed by atoms with Crippen LogP contribution in [0.2, 0.25) is 10.2 Å². The number of amides is 2. The van der Waals surface area contributed by atoms with Crippen LogP contribution in [0.4, 0.5) is 4.39 Å². The topological polar surface area (TPSA) is 72.4 Å². The third-order valence-corrected chi connectivity index (χ3v) is 12.6. The molecule has 2 aromatic rings. The van der Waals surface area contributed by atoms with Crippen LogP contribution >= 0.6 is 35.0 Å². The number of piperazine rings is 1. The number of hydrogen-bond donors (Lipinski definition) is 0. The van der Waals surface area contributed by atoms with Gasteiger partial charge in [0, 0.05) is 48.2 Å². The lowest BCUT2D eigenvalue weighted by Crippen LogP contribution is -2.62. The molecule has 4 aliphatic heterocycles. The first kappa shape index (κ1) is 32.9. The number of pyridine rings is 1. The Hall–Kier alpha value is -2.66. The number of rotatable bonds is 5. The lowest BCUT2D eigenvalue weighted by molar-refractivity contribution is -0.147. The van der Waals surface area contributed by atoms with Crippen molar-refractivity contribution in [1.29, 1.82) is 0 Å². The van der Waals surface area contributed by atoms with Crippen molar-refractivity contribution < 1.29 is 14.0 Å². The first-order chi connectivity index (χ1) is 22.3. The molecule has 5 aliphatic rings. The minimum atomic E-state index is -0.870. The van der Waals surface area contributed by atoms with Crippen molar-refractivity contribution in [2.24, 2.45) is 10.9 Å². The lowest BCUT2D eigenvalue weighted by atomic mass is 9.81. The fourth-order valence-corrected chi connectivity index (χ4v) is 9.71. The van der Waals surface area contributed by atoms with Gasteiger partial charge in [-0.1, -0.05) is 49.2 Å². The zero-order chi connectivity index (χ0) is 33.6. The van der Waals surface area contributed by atoms with Gasteiger partial charge >= 0.3 is 0 Å². The molecule has 47 heavy (non-hydrogen) atoms. The number of carbonyl (C=O) groups is 2. The molecule has 0 N–H and O–H groups in total. The van der Waals surface area contributed by atoms with E-state index in [0.717, 1.165) is 37.1 Å². The van der Waals surface area contributed by atoms with E-state index < -0.39 is 23.4 Å². The van der Waals surface area contributed by atoms with E-state index in [-0.39, 0.29) is 40.4 Å². The summed E-state index contributed by atoms with van der Waals surface area (Å²) in [5, 5.41) is 1.06. The number of benzene rings is 1. The molecule has 0 bridgehead atoms. The summed E-state index contributed by atoms with van der Waals surface area (Å²) in [6.07, 6.45) is 5.32. The number of amidine groups is 1. The third kappa shape index (κ3) is 5.29. The summed E-state index contributed by atoms with van der Waals surface area (Å²) in [6.45, 7) is 11.8. The zero-order valence-corrected chi connectivity index (χ0v) is 30.0. The Morgan fingerprint density at radius 3 is 2.47 bits per heavy atom. The molecule has 1 spiro atoms. The summed E-state index contributed by atoms with van der Waals surface area (Å²) in [6, 6.07) is 7.45. The highest BCUT2D eigenvalue weighted by Gasteiger charge is 2.56. The van der Waals surface area contributed by atoms with Crippen LogP contribution in [0.25, 0.3) is 0 Å². The van der Waals surface area contributed by atoms with Crippen molar-refractivity contribution in [2.75, 3.05) is 20.1 Å². The Balaban J connectivity index is 1.27. The molecular weight excluding hydrogens is 658 g/mol. The largest absolute Gasteiger partial charge is 0.335 e. The maximum atomic E-state index is 15.0. The maximum absolute atomic E-state index is 15.0. The fourth-order valence-electron chi connectivity index (χ4n) is 8.13. The number of likely N-dealkylation sites (tertiary alicyclic amines) is 1. The first-order valence-electron chi connectivity index (χ1n) is 16.5. The van der Waals surface area contributed by atoms with Crippen LogP contribution in [-0.2, 0) is 15.1 Å². The molecule has 1 aliphatic carbocycles. The van der Waals surface area contributed by atoms with Crippen LogP contribution in [0, 0.1) is 11.7 Å². The summed E-state index contributed by atoms with van der Waals surface area (Å²) < 4.78 is 15.0. The molecule has 5 heterocycles. The number of carbonyl (C=O) groups excluding carboxylic acids is 2. The van der Waals surface area contributed by atoms with Gasteiger partial charge in [-0.15, -0.1) is 0 Å². The second kappa shape index (κ2) is 11.7. The molecule has 1 aromatic heterocycles. The number of fused-ring (bicyclic) bond motifs is 1. The van der Waals surface area contributed by atoms with E-state index >= 15 is 4.39 Å².